The first-order valence-electron chi connectivity index (χ1n) is 10.9. The molecule has 0 fully saturated rings. The lowest BCUT2D eigenvalue weighted by molar-refractivity contribution is -0.112. The fraction of sp³-hybridized carbons (Fsp3) is 0.321. The summed E-state index contributed by atoms with van der Waals surface area (Å²) in [5, 5.41) is 18.9. The maximum absolute atomic E-state index is 11.1. The van der Waals surface area contributed by atoms with E-state index in [1.165, 1.54) is 0 Å². The Hall–Kier alpha value is -3.71. The number of allylic oxidation sites excluding steroid dienone is 4. The Bertz CT molecular complexity index is 1070. The number of aromatic hydroxyl groups is 2. The molecule has 0 amide bonds. The van der Waals surface area contributed by atoms with Crippen LogP contribution in [0.4, 0.5) is 0 Å². The van der Waals surface area contributed by atoms with Crippen LogP contribution in [0.15, 0.2) is 59.9 Å². The molecule has 0 spiro atoms. The van der Waals surface area contributed by atoms with E-state index in [2.05, 4.69) is 6.58 Å². The highest BCUT2D eigenvalue weighted by Crippen LogP contribution is 2.28. The quantitative estimate of drug-likeness (QED) is 0.583. The number of ketones is 1. The number of benzene rings is 2. The minimum atomic E-state index is -0.00852. The van der Waals surface area contributed by atoms with Gasteiger partial charge in [0.05, 0.1) is 21.3 Å². The molecule has 1 aliphatic rings. The number of Topliss-reactive ketones (excluding diaryl/α,β-unsaturated/α-hetero) is 1. The molecule has 7 heteroatoms. The Morgan fingerprint density at radius 1 is 0.771 bits per heavy atom. The van der Waals surface area contributed by atoms with Crippen molar-refractivity contribution in [2.75, 3.05) is 21.3 Å². The summed E-state index contributed by atoms with van der Waals surface area (Å²) >= 11 is 0. The van der Waals surface area contributed by atoms with Crippen molar-refractivity contribution in [2.24, 2.45) is 0 Å². The van der Waals surface area contributed by atoms with Crippen LogP contribution in [0, 0.1) is 20.8 Å². The van der Waals surface area contributed by atoms with Gasteiger partial charge >= 0.3 is 0 Å². The molecule has 2 aromatic rings. The highest BCUT2D eigenvalue weighted by atomic mass is 16.5. The molecule has 4 N–H and O–H groups in total. The van der Waals surface area contributed by atoms with Crippen LogP contribution in [0.3, 0.4) is 0 Å². The first kappa shape index (κ1) is 31.3. The Balaban J connectivity index is 0.000000489. The third-order valence-electron chi connectivity index (χ3n) is 5.23. The van der Waals surface area contributed by atoms with Crippen LogP contribution in [0.1, 0.15) is 36.1 Å². The number of ether oxygens (including phenoxy) is 3. The number of carbonyl (C=O) groups excluding carboxylic acids is 1. The van der Waals surface area contributed by atoms with Gasteiger partial charge in [0, 0.05) is 11.1 Å². The maximum Gasteiger partial charge on any atom is 0.188 e. The highest BCUT2D eigenvalue weighted by molar-refractivity contribution is 6.10. The molecule has 0 radical (unpaired) electrons. The lowest BCUT2D eigenvalue weighted by Crippen LogP contribution is -2.07. The monoisotopic (exact) mass is 486 g/mol. The van der Waals surface area contributed by atoms with Crippen molar-refractivity contribution in [3.8, 4) is 23.0 Å². The smallest absolute Gasteiger partial charge is 0.188 e. The lowest BCUT2D eigenvalue weighted by atomic mass is 10.0. The largest absolute Gasteiger partial charge is 0.507 e. The number of phenols is 2. The van der Waals surface area contributed by atoms with E-state index < -0.39 is 0 Å². The van der Waals surface area contributed by atoms with Gasteiger partial charge in [0.1, 0.15) is 28.8 Å². The van der Waals surface area contributed by atoms with Crippen LogP contribution < -0.4 is 9.47 Å². The minimum absolute atomic E-state index is 0. The fourth-order valence-corrected chi connectivity index (χ4v) is 3.17. The third-order valence-corrected chi connectivity index (χ3v) is 5.23. The molecule has 0 bridgehead atoms. The number of carbonyl (C=O) groups is 1. The molecule has 0 aromatic heterocycles. The number of hydrogen-bond donors (Lipinski definition) is 2. The van der Waals surface area contributed by atoms with Gasteiger partial charge in [-0.15, -0.1) is 0 Å². The van der Waals surface area contributed by atoms with E-state index in [0.717, 1.165) is 40.2 Å². The van der Waals surface area contributed by atoms with Crippen molar-refractivity contribution >= 4 is 5.78 Å². The van der Waals surface area contributed by atoms with Crippen molar-refractivity contribution in [2.45, 2.75) is 41.0 Å². The number of aryl methyl sites for hydroxylation is 4. The predicted octanol–water partition coefficient (Wildman–Crippen LogP) is 5.07. The SMILES string of the molecule is C=C1C=C(OC)C=C(C)C1=O.CCc1cc(OC)cc(C)c1O.COc1cc(C)c(O)c(C)c1.O. The average Bonchev–Trinajstić information content (AvgIpc) is 2.82. The van der Waals surface area contributed by atoms with Gasteiger partial charge in [0.15, 0.2) is 5.78 Å². The molecule has 1 aliphatic carbocycles. The van der Waals surface area contributed by atoms with Gasteiger partial charge in [-0.2, -0.15) is 0 Å². The molecular weight excluding hydrogens is 448 g/mol. The first-order chi connectivity index (χ1) is 16.0. The zero-order chi connectivity index (χ0) is 26.0. The molecule has 35 heavy (non-hydrogen) atoms. The Morgan fingerprint density at radius 3 is 1.63 bits per heavy atom. The average molecular weight is 487 g/mol. The number of hydrogen-bond acceptors (Lipinski definition) is 6. The summed E-state index contributed by atoms with van der Waals surface area (Å²) < 4.78 is 15.1. The molecule has 7 nitrogen and oxygen atoms in total. The second-order valence-electron chi connectivity index (χ2n) is 7.85. The molecule has 0 saturated carbocycles. The molecular formula is C28H38O7. The van der Waals surface area contributed by atoms with Crippen LogP contribution in [0.2, 0.25) is 0 Å². The summed E-state index contributed by atoms with van der Waals surface area (Å²) in [7, 11) is 4.81. The summed E-state index contributed by atoms with van der Waals surface area (Å²) in [6.07, 6.45) is 4.16. The summed E-state index contributed by atoms with van der Waals surface area (Å²) in [6.45, 7) is 12.9. The maximum atomic E-state index is 11.1. The normalized spacial score (nSPS) is 12.0. The van der Waals surface area contributed by atoms with E-state index >= 15 is 0 Å². The third kappa shape index (κ3) is 8.87. The topological polar surface area (TPSA) is 117 Å². The second kappa shape index (κ2) is 14.5. The molecule has 2 aromatic carbocycles. The highest BCUT2D eigenvalue weighted by Gasteiger charge is 2.13. The number of phenolic OH excluding ortho intramolecular Hbond substituents is 2. The van der Waals surface area contributed by atoms with E-state index in [1.54, 1.807) is 40.4 Å². The van der Waals surface area contributed by atoms with Gasteiger partial charge in [-0.3, -0.25) is 4.79 Å². The van der Waals surface area contributed by atoms with Gasteiger partial charge in [0.25, 0.3) is 0 Å². The van der Waals surface area contributed by atoms with Gasteiger partial charge in [-0.05, 0) is 92.8 Å². The van der Waals surface area contributed by atoms with E-state index in [4.69, 9.17) is 14.2 Å². The molecule has 0 atom stereocenters. The molecule has 0 heterocycles. The molecule has 3 rings (SSSR count). The van der Waals surface area contributed by atoms with E-state index in [1.807, 2.05) is 52.0 Å². The Labute approximate surface area is 208 Å². The van der Waals surface area contributed by atoms with Crippen molar-refractivity contribution in [3.05, 3.63) is 82.2 Å². The summed E-state index contributed by atoms with van der Waals surface area (Å²) in [6, 6.07) is 7.31. The van der Waals surface area contributed by atoms with Crippen LogP contribution in [0.25, 0.3) is 0 Å². The Morgan fingerprint density at radius 2 is 1.23 bits per heavy atom. The zero-order valence-electron chi connectivity index (χ0n) is 21.9. The van der Waals surface area contributed by atoms with E-state index in [-0.39, 0.29) is 11.3 Å². The van der Waals surface area contributed by atoms with Gasteiger partial charge in [0.2, 0.25) is 0 Å². The zero-order valence-corrected chi connectivity index (χ0v) is 21.9. The van der Waals surface area contributed by atoms with E-state index in [0.29, 0.717) is 28.4 Å². The number of rotatable bonds is 4. The van der Waals surface area contributed by atoms with Crippen LogP contribution in [-0.4, -0.2) is 42.8 Å². The molecule has 192 valence electrons. The van der Waals surface area contributed by atoms with E-state index in [9.17, 15) is 15.0 Å². The van der Waals surface area contributed by atoms with Gasteiger partial charge < -0.3 is 29.9 Å². The summed E-state index contributed by atoms with van der Waals surface area (Å²) in [5.41, 5.74) is 4.66. The number of methoxy groups -OCH3 is 3. The van der Waals surface area contributed by atoms with Crippen LogP contribution in [0.5, 0.6) is 23.0 Å². The van der Waals surface area contributed by atoms with Crippen LogP contribution in [-0.2, 0) is 16.0 Å². The van der Waals surface area contributed by atoms with Crippen molar-refractivity contribution in [1.82, 2.24) is 0 Å². The molecule has 0 aliphatic heterocycles. The first-order valence-corrected chi connectivity index (χ1v) is 10.9. The summed E-state index contributed by atoms with van der Waals surface area (Å²) in [4.78, 5) is 11.1. The van der Waals surface area contributed by atoms with Crippen LogP contribution >= 0.6 is 0 Å². The lowest BCUT2D eigenvalue weighted by Gasteiger charge is -2.09. The Kier molecular flexibility index (Phi) is 13.0. The molecule has 0 unspecified atom stereocenters. The molecule has 0 saturated heterocycles. The van der Waals surface area contributed by atoms with Crippen molar-refractivity contribution < 1.29 is 34.7 Å². The standard InChI is InChI=1S/C10H14O2.C9H12O2.C9H10O2.H2O/c1-4-8-6-9(12-3)5-7(2)10(8)11;2*1-6-4-8(11-3)5-7(2)9(6)10;/h5-6,11H,4H2,1-3H3;4-5,10H,1-3H3;4-5H,1H2,2-3H3;1H2. The van der Waals surface area contributed by atoms with Gasteiger partial charge in [-0.1, -0.05) is 13.5 Å². The second-order valence-corrected chi connectivity index (χ2v) is 7.85. The predicted molar refractivity (Wildman–Crippen MR) is 140 cm³/mol. The van der Waals surface area contributed by atoms with Gasteiger partial charge in [-0.25, -0.2) is 0 Å². The summed E-state index contributed by atoms with van der Waals surface area (Å²) in [5.74, 6) is 3.02. The van der Waals surface area contributed by atoms with Crippen molar-refractivity contribution in [1.29, 1.82) is 0 Å². The fourth-order valence-electron chi connectivity index (χ4n) is 3.17. The van der Waals surface area contributed by atoms with Crippen molar-refractivity contribution in [3.63, 3.8) is 0 Å². The minimum Gasteiger partial charge on any atom is -0.507 e.